The molecule has 0 atom stereocenters. The number of piperidine rings is 1. The minimum Gasteiger partial charge on any atom is -0.355 e. The summed E-state index contributed by atoms with van der Waals surface area (Å²) >= 11 is 0. The van der Waals surface area contributed by atoms with Crippen molar-refractivity contribution in [2.24, 2.45) is 5.73 Å². The third-order valence-electron chi connectivity index (χ3n) is 5.41. The number of benzene rings is 2. The average molecular weight is 361 g/mol. The molecule has 3 aromatic rings. The van der Waals surface area contributed by atoms with Crippen molar-refractivity contribution in [1.82, 2.24) is 10.1 Å². The maximum Gasteiger partial charge on any atom is 0.259 e. The highest BCUT2D eigenvalue weighted by Gasteiger charge is 2.35. The molecule has 0 spiro atoms. The van der Waals surface area contributed by atoms with E-state index in [2.05, 4.69) is 17.3 Å². The standard InChI is InChI=1S/C22H23N3O2/c1-16-7-9-17(10-8-16)20-19(15-24-27-20)21(26)25-13-11-22(23,12-14-25)18-5-3-2-4-6-18/h2-10,15H,11-14,23H2,1H3. The summed E-state index contributed by atoms with van der Waals surface area (Å²) in [5.41, 5.74) is 9.89. The molecule has 2 N–H and O–H groups in total. The molecule has 2 heterocycles. The number of rotatable bonds is 3. The first-order valence-electron chi connectivity index (χ1n) is 9.22. The van der Waals surface area contributed by atoms with Gasteiger partial charge in [-0.1, -0.05) is 65.3 Å². The van der Waals surface area contributed by atoms with E-state index in [0.29, 0.717) is 24.4 Å². The maximum atomic E-state index is 13.1. The van der Waals surface area contributed by atoms with Gasteiger partial charge in [-0.25, -0.2) is 0 Å². The highest BCUT2D eigenvalue weighted by molar-refractivity contribution is 5.99. The van der Waals surface area contributed by atoms with E-state index >= 15 is 0 Å². The monoisotopic (exact) mass is 361 g/mol. The van der Waals surface area contributed by atoms with Crippen LogP contribution in [-0.2, 0) is 5.54 Å². The molecule has 5 nitrogen and oxygen atoms in total. The highest BCUT2D eigenvalue weighted by Crippen LogP contribution is 2.32. The number of hydrogen-bond acceptors (Lipinski definition) is 4. The lowest BCUT2D eigenvalue weighted by Gasteiger charge is -2.39. The molecule has 1 aliphatic heterocycles. The normalized spacial score (nSPS) is 16.3. The van der Waals surface area contributed by atoms with Crippen LogP contribution < -0.4 is 5.73 Å². The van der Waals surface area contributed by atoms with Gasteiger partial charge in [-0.2, -0.15) is 0 Å². The van der Waals surface area contributed by atoms with E-state index in [1.54, 1.807) is 0 Å². The van der Waals surface area contributed by atoms with Crippen molar-refractivity contribution >= 4 is 5.91 Å². The van der Waals surface area contributed by atoms with E-state index in [4.69, 9.17) is 10.3 Å². The lowest BCUT2D eigenvalue weighted by atomic mass is 9.82. The number of carbonyl (C=O) groups is 1. The molecule has 2 aromatic carbocycles. The van der Waals surface area contributed by atoms with Crippen LogP contribution in [0.1, 0.15) is 34.3 Å². The van der Waals surface area contributed by atoms with Crippen LogP contribution in [0, 0.1) is 6.92 Å². The molecule has 0 unspecified atom stereocenters. The minimum atomic E-state index is -0.382. The molecule has 0 radical (unpaired) electrons. The van der Waals surface area contributed by atoms with Crippen molar-refractivity contribution < 1.29 is 9.32 Å². The predicted molar refractivity (Wildman–Crippen MR) is 104 cm³/mol. The Labute approximate surface area is 158 Å². The minimum absolute atomic E-state index is 0.0538. The second-order valence-electron chi connectivity index (χ2n) is 7.25. The van der Waals surface area contributed by atoms with Crippen LogP contribution in [0.5, 0.6) is 0 Å². The van der Waals surface area contributed by atoms with Gasteiger partial charge in [0.2, 0.25) is 0 Å². The fraction of sp³-hybridized carbons (Fsp3) is 0.273. The van der Waals surface area contributed by atoms with E-state index in [1.807, 2.05) is 54.3 Å². The zero-order chi connectivity index (χ0) is 18.9. The van der Waals surface area contributed by atoms with Crippen molar-refractivity contribution in [2.45, 2.75) is 25.3 Å². The summed E-state index contributed by atoms with van der Waals surface area (Å²) in [4.78, 5) is 14.9. The van der Waals surface area contributed by atoms with Gasteiger partial charge in [0.05, 0.1) is 6.20 Å². The third-order valence-corrected chi connectivity index (χ3v) is 5.41. The van der Waals surface area contributed by atoms with Crippen LogP contribution in [-0.4, -0.2) is 29.1 Å². The van der Waals surface area contributed by atoms with Gasteiger partial charge in [-0.15, -0.1) is 0 Å². The molecule has 4 rings (SSSR count). The van der Waals surface area contributed by atoms with Gasteiger partial charge >= 0.3 is 0 Å². The summed E-state index contributed by atoms with van der Waals surface area (Å²) in [7, 11) is 0. The number of aryl methyl sites for hydroxylation is 1. The van der Waals surface area contributed by atoms with Gasteiger partial charge in [0.25, 0.3) is 5.91 Å². The van der Waals surface area contributed by atoms with Crippen LogP contribution in [0.25, 0.3) is 11.3 Å². The SMILES string of the molecule is Cc1ccc(-c2oncc2C(=O)N2CCC(N)(c3ccccc3)CC2)cc1. The molecule has 1 amide bonds. The molecule has 27 heavy (non-hydrogen) atoms. The summed E-state index contributed by atoms with van der Waals surface area (Å²) in [5, 5.41) is 3.87. The van der Waals surface area contributed by atoms with Gasteiger partial charge in [0, 0.05) is 24.2 Å². The van der Waals surface area contributed by atoms with Crippen molar-refractivity contribution in [2.75, 3.05) is 13.1 Å². The number of carbonyl (C=O) groups excluding carboxylic acids is 1. The molecule has 1 aromatic heterocycles. The van der Waals surface area contributed by atoms with Gasteiger partial charge in [-0.05, 0) is 25.3 Å². The van der Waals surface area contributed by atoms with Crippen molar-refractivity contribution in [3.8, 4) is 11.3 Å². The molecule has 0 saturated carbocycles. The Balaban J connectivity index is 1.51. The first kappa shape index (κ1) is 17.5. The van der Waals surface area contributed by atoms with E-state index in [0.717, 1.165) is 29.5 Å². The lowest BCUT2D eigenvalue weighted by molar-refractivity contribution is 0.0669. The van der Waals surface area contributed by atoms with Crippen LogP contribution in [0.3, 0.4) is 0 Å². The summed E-state index contributed by atoms with van der Waals surface area (Å²) in [6.45, 7) is 3.25. The van der Waals surface area contributed by atoms with E-state index in [9.17, 15) is 4.79 Å². The van der Waals surface area contributed by atoms with Gasteiger partial charge in [-0.3, -0.25) is 4.79 Å². The number of aromatic nitrogens is 1. The molecule has 1 saturated heterocycles. The Bertz CT molecular complexity index is 924. The first-order valence-corrected chi connectivity index (χ1v) is 9.22. The average Bonchev–Trinajstić information content (AvgIpc) is 3.19. The van der Waals surface area contributed by atoms with Crippen molar-refractivity contribution in [3.63, 3.8) is 0 Å². The van der Waals surface area contributed by atoms with Crippen molar-refractivity contribution in [1.29, 1.82) is 0 Å². The highest BCUT2D eigenvalue weighted by atomic mass is 16.5. The summed E-state index contributed by atoms with van der Waals surface area (Å²) < 4.78 is 5.39. The molecule has 0 bridgehead atoms. The summed E-state index contributed by atoms with van der Waals surface area (Å²) in [6, 6.07) is 18.0. The van der Waals surface area contributed by atoms with Crippen LogP contribution in [0.2, 0.25) is 0 Å². The van der Waals surface area contributed by atoms with Crippen molar-refractivity contribution in [3.05, 3.63) is 77.5 Å². The second kappa shape index (κ2) is 7.00. The Morgan fingerprint density at radius 3 is 2.41 bits per heavy atom. The Morgan fingerprint density at radius 2 is 1.74 bits per heavy atom. The molecular weight excluding hydrogens is 338 g/mol. The van der Waals surface area contributed by atoms with E-state index in [-0.39, 0.29) is 11.4 Å². The number of nitrogens with two attached hydrogens (primary N) is 1. The van der Waals surface area contributed by atoms with Gasteiger partial charge < -0.3 is 15.2 Å². The van der Waals surface area contributed by atoms with Crippen LogP contribution in [0.15, 0.2) is 65.3 Å². The molecule has 0 aliphatic carbocycles. The van der Waals surface area contributed by atoms with Crippen LogP contribution >= 0.6 is 0 Å². The predicted octanol–water partition coefficient (Wildman–Crippen LogP) is 3.74. The smallest absolute Gasteiger partial charge is 0.259 e. The zero-order valence-electron chi connectivity index (χ0n) is 15.4. The lowest BCUT2D eigenvalue weighted by Crippen LogP contribution is -2.49. The molecule has 138 valence electrons. The Hall–Kier alpha value is -2.92. The molecule has 5 heteroatoms. The Kier molecular flexibility index (Phi) is 4.54. The number of amides is 1. The van der Waals surface area contributed by atoms with Gasteiger partial charge in [0.1, 0.15) is 5.56 Å². The maximum absolute atomic E-state index is 13.1. The summed E-state index contributed by atoms with van der Waals surface area (Å²) in [5.74, 6) is 0.467. The van der Waals surface area contributed by atoms with E-state index < -0.39 is 0 Å². The topological polar surface area (TPSA) is 72.4 Å². The zero-order valence-corrected chi connectivity index (χ0v) is 15.4. The van der Waals surface area contributed by atoms with Gasteiger partial charge in [0.15, 0.2) is 5.76 Å². The quantitative estimate of drug-likeness (QED) is 0.771. The van der Waals surface area contributed by atoms with Crippen LogP contribution in [0.4, 0.5) is 0 Å². The molecular formula is C22H23N3O2. The van der Waals surface area contributed by atoms with E-state index in [1.165, 1.54) is 6.20 Å². The molecule has 1 fully saturated rings. The Morgan fingerprint density at radius 1 is 1.07 bits per heavy atom. The largest absolute Gasteiger partial charge is 0.355 e. The number of likely N-dealkylation sites (tertiary alicyclic amines) is 1. The fourth-order valence-electron chi connectivity index (χ4n) is 3.64. The third kappa shape index (κ3) is 3.38. The summed E-state index contributed by atoms with van der Waals surface area (Å²) in [6.07, 6.45) is 2.97. The fourth-order valence-corrected chi connectivity index (χ4v) is 3.64. The first-order chi connectivity index (χ1) is 13.1. The second-order valence-corrected chi connectivity index (χ2v) is 7.25. The molecule has 1 aliphatic rings. The number of nitrogens with zero attached hydrogens (tertiary/aromatic N) is 2. The number of hydrogen-bond donors (Lipinski definition) is 1.